The SMILES string of the molecule is C[C@@H](c1cccc([N+](=O)[O-])c1)N1CCN(S(=O)(=O)c2ccc(F)cc2)CC1. The lowest BCUT2D eigenvalue weighted by molar-refractivity contribution is -0.385. The first-order valence-electron chi connectivity index (χ1n) is 8.53. The zero-order valence-electron chi connectivity index (χ0n) is 14.8. The first-order valence-corrected chi connectivity index (χ1v) is 9.97. The number of sulfonamides is 1. The number of halogens is 1. The van der Waals surface area contributed by atoms with Crippen LogP contribution >= 0.6 is 0 Å². The van der Waals surface area contributed by atoms with Crippen molar-refractivity contribution < 1.29 is 17.7 Å². The Balaban J connectivity index is 1.68. The summed E-state index contributed by atoms with van der Waals surface area (Å²) in [5.74, 6) is -0.482. The quantitative estimate of drug-likeness (QED) is 0.576. The van der Waals surface area contributed by atoms with Crippen molar-refractivity contribution in [1.82, 2.24) is 9.21 Å². The summed E-state index contributed by atoms with van der Waals surface area (Å²) in [5.41, 5.74) is 0.857. The van der Waals surface area contributed by atoms with E-state index in [4.69, 9.17) is 0 Å². The molecule has 0 unspecified atom stereocenters. The Hall–Kier alpha value is -2.36. The molecule has 0 radical (unpaired) electrons. The maximum atomic E-state index is 13.0. The molecule has 9 heteroatoms. The van der Waals surface area contributed by atoms with Crippen LogP contribution < -0.4 is 0 Å². The third-order valence-corrected chi connectivity index (χ3v) is 6.75. The van der Waals surface area contributed by atoms with Gasteiger partial charge in [-0.15, -0.1) is 0 Å². The molecule has 3 rings (SSSR count). The lowest BCUT2D eigenvalue weighted by Gasteiger charge is -2.37. The monoisotopic (exact) mass is 393 g/mol. The molecule has 144 valence electrons. The van der Waals surface area contributed by atoms with E-state index in [0.717, 1.165) is 17.7 Å². The fourth-order valence-electron chi connectivity index (χ4n) is 3.20. The van der Waals surface area contributed by atoms with E-state index in [2.05, 4.69) is 4.90 Å². The summed E-state index contributed by atoms with van der Waals surface area (Å²) in [6.07, 6.45) is 0. The van der Waals surface area contributed by atoms with Crippen LogP contribution in [0.5, 0.6) is 0 Å². The fraction of sp³-hybridized carbons (Fsp3) is 0.333. The topological polar surface area (TPSA) is 83.8 Å². The summed E-state index contributed by atoms with van der Waals surface area (Å²) < 4.78 is 39.8. The van der Waals surface area contributed by atoms with Crippen molar-refractivity contribution in [3.05, 3.63) is 70.0 Å². The Bertz CT molecular complexity index is 926. The lowest BCUT2D eigenvalue weighted by atomic mass is 10.1. The van der Waals surface area contributed by atoms with Crippen LogP contribution in [0, 0.1) is 15.9 Å². The minimum atomic E-state index is -3.66. The number of benzene rings is 2. The molecule has 0 bridgehead atoms. The van der Waals surface area contributed by atoms with Crippen LogP contribution in [0.25, 0.3) is 0 Å². The van der Waals surface area contributed by atoms with Crippen molar-refractivity contribution in [3.8, 4) is 0 Å². The van der Waals surface area contributed by atoms with Gasteiger partial charge >= 0.3 is 0 Å². The van der Waals surface area contributed by atoms with Crippen LogP contribution in [0.1, 0.15) is 18.5 Å². The Morgan fingerprint density at radius 3 is 2.30 bits per heavy atom. The number of hydrogen-bond donors (Lipinski definition) is 0. The van der Waals surface area contributed by atoms with E-state index in [1.54, 1.807) is 12.1 Å². The van der Waals surface area contributed by atoms with Crippen LogP contribution in [-0.2, 0) is 10.0 Å². The normalized spacial score (nSPS) is 17.6. The van der Waals surface area contributed by atoms with E-state index in [1.807, 2.05) is 13.0 Å². The molecule has 1 aliphatic rings. The molecule has 0 aromatic heterocycles. The third-order valence-electron chi connectivity index (χ3n) is 4.84. The van der Waals surface area contributed by atoms with Gasteiger partial charge in [0.2, 0.25) is 10.0 Å². The summed E-state index contributed by atoms with van der Waals surface area (Å²) in [5, 5.41) is 11.0. The summed E-state index contributed by atoms with van der Waals surface area (Å²) in [7, 11) is -3.66. The molecule has 0 aliphatic carbocycles. The second-order valence-corrected chi connectivity index (χ2v) is 8.36. The first-order chi connectivity index (χ1) is 12.8. The van der Waals surface area contributed by atoms with Crippen LogP contribution in [0.2, 0.25) is 0 Å². The van der Waals surface area contributed by atoms with E-state index >= 15 is 0 Å². The molecule has 1 fully saturated rings. The van der Waals surface area contributed by atoms with Crippen molar-refractivity contribution in [2.75, 3.05) is 26.2 Å². The van der Waals surface area contributed by atoms with Gasteiger partial charge in [0.05, 0.1) is 9.82 Å². The molecule has 0 saturated carbocycles. The van der Waals surface area contributed by atoms with Crippen molar-refractivity contribution >= 4 is 15.7 Å². The highest BCUT2D eigenvalue weighted by Gasteiger charge is 2.30. The lowest BCUT2D eigenvalue weighted by Crippen LogP contribution is -2.49. The number of nitro benzene ring substituents is 1. The van der Waals surface area contributed by atoms with Crippen molar-refractivity contribution in [2.45, 2.75) is 17.9 Å². The zero-order valence-corrected chi connectivity index (χ0v) is 15.6. The largest absolute Gasteiger partial charge is 0.294 e. The number of piperazine rings is 1. The minimum Gasteiger partial charge on any atom is -0.294 e. The molecule has 7 nitrogen and oxygen atoms in total. The van der Waals surface area contributed by atoms with Gasteiger partial charge in [0.1, 0.15) is 5.82 Å². The van der Waals surface area contributed by atoms with E-state index in [9.17, 15) is 22.9 Å². The standard InChI is InChI=1S/C18H20FN3O4S/c1-14(15-3-2-4-17(13-15)22(23)24)20-9-11-21(12-10-20)27(25,26)18-7-5-16(19)6-8-18/h2-8,13-14H,9-12H2,1H3/t14-/m0/s1. The number of rotatable bonds is 5. The summed E-state index contributed by atoms with van der Waals surface area (Å²) in [4.78, 5) is 12.7. The number of nitro groups is 1. The Kier molecular flexibility index (Phi) is 5.54. The van der Waals surface area contributed by atoms with Gasteiger partial charge in [-0.2, -0.15) is 4.31 Å². The number of non-ortho nitro benzene ring substituents is 1. The highest BCUT2D eigenvalue weighted by atomic mass is 32.2. The Morgan fingerprint density at radius 2 is 1.70 bits per heavy atom. The number of hydrogen-bond acceptors (Lipinski definition) is 5. The molecule has 2 aromatic rings. The maximum Gasteiger partial charge on any atom is 0.269 e. The fourth-order valence-corrected chi connectivity index (χ4v) is 4.62. The van der Waals surface area contributed by atoms with Crippen LogP contribution in [0.4, 0.5) is 10.1 Å². The van der Waals surface area contributed by atoms with Gasteiger partial charge in [-0.3, -0.25) is 15.0 Å². The van der Waals surface area contributed by atoms with Gasteiger partial charge in [0, 0.05) is 44.4 Å². The van der Waals surface area contributed by atoms with Gasteiger partial charge in [-0.1, -0.05) is 12.1 Å². The predicted octanol–water partition coefficient (Wildman–Crippen LogP) is 2.80. The average molecular weight is 393 g/mol. The highest BCUT2D eigenvalue weighted by molar-refractivity contribution is 7.89. The third kappa shape index (κ3) is 4.15. The highest BCUT2D eigenvalue weighted by Crippen LogP contribution is 2.26. The van der Waals surface area contributed by atoms with E-state index in [1.165, 1.54) is 22.5 Å². The molecule has 1 saturated heterocycles. The molecule has 0 N–H and O–H groups in total. The smallest absolute Gasteiger partial charge is 0.269 e. The maximum absolute atomic E-state index is 13.0. The Labute approximate surface area is 157 Å². The molecular weight excluding hydrogens is 373 g/mol. The second kappa shape index (κ2) is 7.71. The zero-order chi connectivity index (χ0) is 19.6. The first kappa shape index (κ1) is 19.4. The molecule has 0 spiro atoms. The van der Waals surface area contributed by atoms with Crippen LogP contribution in [0.3, 0.4) is 0 Å². The van der Waals surface area contributed by atoms with Gasteiger partial charge < -0.3 is 0 Å². The Morgan fingerprint density at radius 1 is 1.07 bits per heavy atom. The molecule has 1 atom stereocenters. The molecule has 1 aliphatic heterocycles. The summed E-state index contributed by atoms with van der Waals surface area (Å²) in [6.45, 7) is 3.57. The molecule has 1 heterocycles. The predicted molar refractivity (Wildman–Crippen MR) is 98.2 cm³/mol. The van der Waals surface area contributed by atoms with Gasteiger partial charge in [-0.05, 0) is 36.8 Å². The second-order valence-electron chi connectivity index (χ2n) is 6.42. The van der Waals surface area contributed by atoms with E-state index in [-0.39, 0.29) is 16.6 Å². The summed E-state index contributed by atoms with van der Waals surface area (Å²) >= 11 is 0. The average Bonchev–Trinajstić information content (AvgIpc) is 2.68. The van der Waals surface area contributed by atoms with Gasteiger partial charge in [0.25, 0.3) is 5.69 Å². The number of nitrogens with zero attached hydrogens (tertiary/aromatic N) is 3. The molecule has 2 aromatic carbocycles. The summed E-state index contributed by atoms with van der Waals surface area (Å²) in [6, 6.07) is 11.2. The minimum absolute atomic E-state index is 0.0388. The molecule has 27 heavy (non-hydrogen) atoms. The van der Waals surface area contributed by atoms with Gasteiger partial charge in [0.15, 0.2) is 0 Å². The van der Waals surface area contributed by atoms with E-state index < -0.39 is 20.8 Å². The van der Waals surface area contributed by atoms with Crippen LogP contribution in [-0.4, -0.2) is 48.7 Å². The van der Waals surface area contributed by atoms with Crippen molar-refractivity contribution in [2.24, 2.45) is 0 Å². The van der Waals surface area contributed by atoms with Crippen molar-refractivity contribution in [3.63, 3.8) is 0 Å². The molecular formula is C18H20FN3O4S. The van der Waals surface area contributed by atoms with Gasteiger partial charge in [-0.25, -0.2) is 12.8 Å². The molecule has 0 amide bonds. The van der Waals surface area contributed by atoms with Crippen LogP contribution in [0.15, 0.2) is 53.4 Å². The van der Waals surface area contributed by atoms with Crippen molar-refractivity contribution in [1.29, 1.82) is 0 Å². The van der Waals surface area contributed by atoms with E-state index in [0.29, 0.717) is 26.2 Å².